The molecule has 1 aliphatic carbocycles. The number of hydrogen-bond donors (Lipinski definition) is 0. The molecule has 1 spiro atoms. The third-order valence-electron chi connectivity index (χ3n) is 7.89. The van der Waals surface area contributed by atoms with Crippen molar-refractivity contribution in [1.29, 1.82) is 0 Å². The molecule has 0 bridgehead atoms. The quantitative estimate of drug-likeness (QED) is 0.488. The number of imide groups is 1. The van der Waals surface area contributed by atoms with E-state index in [4.69, 9.17) is 4.98 Å². The van der Waals surface area contributed by atoms with Crippen LogP contribution in [-0.2, 0) is 24.2 Å². The van der Waals surface area contributed by atoms with Crippen LogP contribution in [0.5, 0.6) is 0 Å². The summed E-state index contributed by atoms with van der Waals surface area (Å²) in [5.74, 6) is 0.339. The van der Waals surface area contributed by atoms with E-state index in [1.807, 2.05) is 23.1 Å². The van der Waals surface area contributed by atoms with Crippen LogP contribution in [0, 0.1) is 5.92 Å². The number of nitrogens with zero attached hydrogens (tertiary/aromatic N) is 4. The Balaban J connectivity index is 1.21. The smallest absolute Gasteiger partial charge is 0.309 e. The number of amides is 3. The lowest BCUT2D eigenvalue weighted by atomic mass is 9.85. The van der Waals surface area contributed by atoms with E-state index in [2.05, 4.69) is 49.1 Å². The minimum atomic E-state index is -0.708. The van der Waals surface area contributed by atoms with Gasteiger partial charge in [0.1, 0.15) is 10.5 Å². The van der Waals surface area contributed by atoms with Gasteiger partial charge in [0, 0.05) is 25.7 Å². The van der Waals surface area contributed by atoms with Crippen LogP contribution in [0.1, 0.15) is 42.8 Å². The molecule has 3 heterocycles. The van der Waals surface area contributed by atoms with Crippen molar-refractivity contribution in [3.8, 4) is 0 Å². The van der Waals surface area contributed by atoms with E-state index in [1.165, 1.54) is 15.8 Å². The Bertz CT molecular complexity index is 1220. The van der Waals surface area contributed by atoms with Crippen LogP contribution in [-0.4, -0.2) is 62.8 Å². The van der Waals surface area contributed by atoms with Crippen molar-refractivity contribution in [3.05, 3.63) is 64.7 Å². The molecule has 6 rings (SSSR count). The van der Waals surface area contributed by atoms with E-state index < -0.39 is 5.54 Å². The Morgan fingerprint density at radius 2 is 1.66 bits per heavy atom. The molecule has 3 aliphatic rings. The van der Waals surface area contributed by atoms with E-state index in [9.17, 15) is 9.59 Å². The molecule has 1 aromatic heterocycles. The Labute approximate surface area is 210 Å². The normalized spacial score (nSPS) is 20.7. The highest BCUT2D eigenvalue weighted by Crippen LogP contribution is 2.41. The van der Waals surface area contributed by atoms with Gasteiger partial charge >= 0.3 is 6.03 Å². The number of aromatic nitrogens is 1. The maximum atomic E-state index is 14.0. The fourth-order valence-corrected chi connectivity index (χ4v) is 7.15. The summed E-state index contributed by atoms with van der Waals surface area (Å²) in [5.41, 5.74) is 2.87. The topological polar surface area (TPSA) is 56.8 Å². The molecular formula is C28H32N4O2S. The molecular weight excluding hydrogens is 456 g/mol. The molecule has 3 aromatic rings. The molecule has 2 saturated heterocycles. The highest BCUT2D eigenvalue weighted by molar-refractivity contribution is 7.18. The predicted octanol–water partition coefficient (Wildman–Crippen LogP) is 4.72. The number of carbonyl (C=O) groups is 2. The number of rotatable bonds is 5. The Morgan fingerprint density at radius 1 is 1.00 bits per heavy atom. The molecule has 0 atom stereocenters. The zero-order valence-corrected chi connectivity index (χ0v) is 21.3. The maximum Gasteiger partial charge on any atom is 0.327 e. The number of hydrogen-bond acceptors (Lipinski definition) is 5. The van der Waals surface area contributed by atoms with Crippen molar-refractivity contribution >= 4 is 33.5 Å². The fraction of sp³-hybridized carbons (Fsp3) is 0.464. The zero-order valence-electron chi connectivity index (χ0n) is 20.4. The van der Waals surface area contributed by atoms with Gasteiger partial charge in [-0.05, 0) is 54.9 Å². The molecule has 2 aromatic carbocycles. The summed E-state index contributed by atoms with van der Waals surface area (Å²) < 4.78 is 1.21. The van der Waals surface area contributed by atoms with Gasteiger partial charge in [0.2, 0.25) is 0 Å². The number of fused-ring (bicyclic) bond motifs is 2. The Morgan fingerprint density at radius 3 is 2.31 bits per heavy atom. The number of carbonyl (C=O) groups excluding carboxylic acids is 2. The van der Waals surface area contributed by atoms with Gasteiger partial charge in [-0.25, -0.2) is 9.78 Å². The minimum Gasteiger partial charge on any atom is -0.309 e. The monoisotopic (exact) mass is 488 g/mol. The Kier molecular flexibility index (Phi) is 5.65. The molecule has 0 radical (unpaired) electrons. The number of piperidine rings is 1. The zero-order chi connectivity index (χ0) is 24.2. The van der Waals surface area contributed by atoms with Gasteiger partial charge in [0.15, 0.2) is 0 Å². The first kappa shape index (κ1) is 22.7. The van der Waals surface area contributed by atoms with Gasteiger partial charge < -0.3 is 4.90 Å². The lowest BCUT2D eigenvalue weighted by molar-refractivity contribution is -0.137. The van der Waals surface area contributed by atoms with E-state index >= 15 is 0 Å². The van der Waals surface area contributed by atoms with Crippen molar-refractivity contribution in [2.45, 2.75) is 57.7 Å². The molecule has 0 unspecified atom stereocenters. The van der Waals surface area contributed by atoms with Crippen LogP contribution < -0.4 is 0 Å². The van der Waals surface area contributed by atoms with Crippen LogP contribution in [0.15, 0.2) is 48.5 Å². The third kappa shape index (κ3) is 3.85. The first-order chi connectivity index (χ1) is 16.9. The highest BCUT2D eigenvalue weighted by atomic mass is 32.1. The molecule has 0 N–H and O–H groups in total. The summed E-state index contributed by atoms with van der Waals surface area (Å²) in [4.78, 5) is 38.5. The first-order valence-corrected chi connectivity index (χ1v) is 13.5. The summed E-state index contributed by atoms with van der Waals surface area (Å²) in [5, 5.41) is 1.11. The van der Waals surface area contributed by atoms with Crippen molar-refractivity contribution in [3.63, 3.8) is 0 Å². The molecule has 2 aliphatic heterocycles. The molecule has 2 fully saturated rings. The second-order valence-electron chi connectivity index (χ2n) is 10.7. The predicted molar refractivity (Wildman–Crippen MR) is 138 cm³/mol. The van der Waals surface area contributed by atoms with Gasteiger partial charge in [0.25, 0.3) is 5.91 Å². The van der Waals surface area contributed by atoms with Crippen LogP contribution in [0.4, 0.5) is 4.79 Å². The highest BCUT2D eigenvalue weighted by Gasteiger charge is 2.59. The average Bonchev–Trinajstić information content (AvgIpc) is 3.50. The SMILES string of the molecule is CC(C)CN1C(=O)N(C2Cc3ccccc3C2)C(=O)C12CCN(Cc1nc3ccccc3s1)CC2. The van der Waals surface area contributed by atoms with E-state index in [0.29, 0.717) is 25.3 Å². The van der Waals surface area contributed by atoms with Crippen LogP contribution in [0.2, 0.25) is 0 Å². The van der Waals surface area contributed by atoms with Crippen LogP contribution in [0.25, 0.3) is 10.2 Å². The van der Waals surface area contributed by atoms with E-state index in [-0.39, 0.29) is 18.0 Å². The second-order valence-corrected chi connectivity index (χ2v) is 11.8. The lowest BCUT2D eigenvalue weighted by Crippen LogP contribution is -2.57. The number of benzene rings is 2. The molecule has 0 saturated carbocycles. The lowest BCUT2D eigenvalue weighted by Gasteiger charge is -2.42. The summed E-state index contributed by atoms with van der Waals surface area (Å²) in [6.45, 7) is 7.26. The van der Waals surface area contributed by atoms with Crippen molar-refractivity contribution in [1.82, 2.24) is 19.7 Å². The summed E-state index contributed by atoms with van der Waals surface area (Å²) >= 11 is 1.74. The summed E-state index contributed by atoms with van der Waals surface area (Å²) in [6.07, 6.45) is 2.91. The van der Waals surface area contributed by atoms with Crippen molar-refractivity contribution < 1.29 is 9.59 Å². The van der Waals surface area contributed by atoms with Crippen molar-refractivity contribution in [2.75, 3.05) is 19.6 Å². The Hall–Kier alpha value is -2.77. The number of urea groups is 1. The minimum absolute atomic E-state index is 0.0283. The van der Waals surface area contributed by atoms with Gasteiger partial charge in [-0.1, -0.05) is 50.2 Å². The summed E-state index contributed by atoms with van der Waals surface area (Å²) in [7, 11) is 0. The fourth-order valence-electron chi connectivity index (χ4n) is 6.14. The standard InChI is InChI=1S/C28H32N4O2S/c1-19(2)17-31-27(34)32(22-15-20-7-3-4-8-21(20)16-22)26(33)28(31)11-13-30(14-12-28)18-25-29-23-9-5-6-10-24(23)35-25/h3-10,19,22H,11-18H2,1-2H3. The van der Waals surface area contributed by atoms with E-state index in [1.54, 1.807) is 16.2 Å². The number of likely N-dealkylation sites (tertiary alicyclic amines) is 1. The average molecular weight is 489 g/mol. The largest absolute Gasteiger partial charge is 0.327 e. The van der Waals surface area contributed by atoms with Gasteiger partial charge in [-0.2, -0.15) is 0 Å². The van der Waals surface area contributed by atoms with Crippen molar-refractivity contribution in [2.24, 2.45) is 5.92 Å². The second kappa shape index (κ2) is 8.71. The van der Waals surface area contributed by atoms with Crippen LogP contribution >= 0.6 is 11.3 Å². The van der Waals surface area contributed by atoms with Gasteiger partial charge in [-0.3, -0.25) is 14.6 Å². The van der Waals surface area contributed by atoms with Gasteiger partial charge in [0.05, 0.1) is 16.8 Å². The van der Waals surface area contributed by atoms with Crippen LogP contribution in [0.3, 0.4) is 0 Å². The molecule has 6 nitrogen and oxygen atoms in total. The molecule has 3 amide bonds. The first-order valence-electron chi connectivity index (χ1n) is 12.7. The molecule has 7 heteroatoms. The maximum absolute atomic E-state index is 14.0. The third-order valence-corrected chi connectivity index (χ3v) is 8.91. The van der Waals surface area contributed by atoms with Gasteiger partial charge in [-0.15, -0.1) is 11.3 Å². The number of para-hydroxylation sites is 1. The molecule has 35 heavy (non-hydrogen) atoms. The van der Waals surface area contributed by atoms with E-state index in [0.717, 1.165) is 43.0 Å². The molecule has 182 valence electrons. The number of thiazole rings is 1. The summed E-state index contributed by atoms with van der Waals surface area (Å²) in [6, 6.07) is 16.4.